The molecule has 0 saturated carbocycles. The fourth-order valence-corrected chi connectivity index (χ4v) is 5.65. The topological polar surface area (TPSA) is 61.8 Å². The number of esters is 2. The molecule has 54 heavy (non-hydrogen) atoms. The zero-order chi connectivity index (χ0) is 39.3. The quantitative estimate of drug-likeness (QED) is 0.0356. The van der Waals surface area contributed by atoms with Crippen LogP contribution in [0.1, 0.15) is 188 Å². The number of carbonyl (C=O) groups excluding carboxylic acids is 2. The Morgan fingerprint density at radius 1 is 0.426 bits per heavy atom. The summed E-state index contributed by atoms with van der Waals surface area (Å²) in [5.74, 6) is -0.514. The van der Waals surface area contributed by atoms with E-state index in [4.69, 9.17) is 14.2 Å². The maximum Gasteiger partial charge on any atom is 0.306 e. The predicted octanol–water partition coefficient (Wildman–Crippen LogP) is 14.6. The molecule has 0 radical (unpaired) electrons. The first-order valence-electron chi connectivity index (χ1n) is 22.1. The molecular formula is C49H82O5. The molecule has 0 saturated heterocycles. The van der Waals surface area contributed by atoms with Crippen LogP contribution in [-0.4, -0.2) is 37.9 Å². The van der Waals surface area contributed by atoms with Crippen molar-refractivity contribution >= 4 is 11.9 Å². The van der Waals surface area contributed by atoms with Crippen LogP contribution in [-0.2, 0) is 23.8 Å². The van der Waals surface area contributed by atoms with Crippen LogP contribution < -0.4 is 0 Å². The van der Waals surface area contributed by atoms with Gasteiger partial charge in [-0.1, -0.05) is 176 Å². The summed E-state index contributed by atoms with van der Waals surface area (Å²) in [5.41, 5.74) is 0. The van der Waals surface area contributed by atoms with Crippen molar-refractivity contribution in [1.29, 1.82) is 0 Å². The first-order valence-corrected chi connectivity index (χ1v) is 22.1. The lowest BCUT2D eigenvalue weighted by Gasteiger charge is -2.18. The molecule has 0 aromatic carbocycles. The highest BCUT2D eigenvalue weighted by atomic mass is 16.6. The minimum absolute atomic E-state index is 0.0462. The molecule has 0 rings (SSSR count). The normalized spacial score (nSPS) is 13.0. The number of ether oxygens (including phenoxy) is 3. The largest absolute Gasteiger partial charge is 0.462 e. The molecule has 0 fully saturated rings. The van der Waals surface area contributed by atoms with Crippen LogP contribution in [0.5, 0.6) is 0 Å². The average molecular weight is 751 g/mol. The second kappa shape index (κ2) is 44.5. The second-order valence-electron chi connectivity index (χ2n) is 14.2. The van der Waals surface area contributed by atoms with Crippen molar-refractivity contribution in [3.05, 3.63) is 85.1 Å². The predicted molar refractivity (Wildman–Crippen MR) is 233 cm³/mol. The zero-order valence-electron chi connectivity index (χ0n) is 35.2. The first-order chi connectivity index (χ1) is 26.6. The molecule has 1 atom stereocenters. The van der Waals surface area contributed by atoms with Crippen LogP contribution in [0.4, 0.5) is 0 Å². The van der Waals surface area contributed by atoms with Gasteiger partial charge in [0.1, 0.15) is 6.61 Å². The summed E-state index contributed by atoms with van der Waals surface area (Å²) in [7, 11) is 0. The molecule has 5 nitrogen and oxygen atoms in total. The van der Waals surface area contributed by atoms with E-state index in [-0.39, 0.29) is 25.2 Å². The third-order valence-electron chi connectivity index (χ3n) is 8.93. The van der Waals surface area contributed by atoms with E-state index < -0.39 is 6.10 Å². The molecule has 0 N–H and O–H groups in total. The lowest BCUT2D eigenvalue weighted by Crippen LogP contribution is -2.30. The summed E-state index contributed by atoms with van der Waals surface area (Å²) in [6.45, 7) is 7.53. The Labute approximate surface area is 333 Å². The molecular weight excluding hydrogens is 669 g/mol. The lowest BCUT2D eigenvalue weighted by atomic mass is 10.1. The van der Waals surface area contributed by atoms with Gasteiger partial charge in [0.2, 0.25) is 0 Å². The highest BCUT2D eigenvalue weighted by Crippen LogP contribution is 2.11. The van der Waals surface area contributed by atoms with Gasteiger partial charge in [-0.2, -0.15) is 0 Å². The summed E-state index contributed by atoms with van der Waals surface area (Å²) in [6, 6.07) is 0. The Balaban J connectivity index is 4.23. The van der Waals surface area contributed by atoms with Crippen LogP contribution in [0.25, 0.3) is 0 Å². The summed E-state index contributed by atoms with van der Waals surface area (Å²) >= 11 is 0. The van der Waals surface area contributed by atoms with E-state index in [1.165, 1.54) is 70.6 Å². The van der Waals surface area contributed by atoms with Gasteiger partial charge < -0.3 is 14.2 Å². The van der Waals surface area contributed by atoms with Crippen LogP contribution >= 0.6 is 0 Å². The van der Waals surface area contributed by atoms with Gasteiger partial charge in [-0.3, -0.25) is 9.59 Å². The first kappa shape index (κ1) is 51.1. The summed E-state index contributed by atoms with van der Waals surface area (Å²) in [4.78, 5) is 25.1. The van der Waals surface area contributed by atoms with Gasteiger partial charge in [-0.25, -0.2) is 0 Å². The fourth-order valence-electron chi connectivity index (χ4n) is 5.65. The van der Waals surface area contributed by atoms with Crippen molar-refractivity contribution in [3.8, 4) is 0 Å². The van der Waals surface area contributed by atoms with Crippen LogP contribution in [0.3, 0.4) is 0 Å². The zero-order valence-corrected chi connectivity index (χ0v) is 35.2. The van der Waals surface area contributed by atoms with Gasteiger partial charge in [-0.05, 0) is 83.5 Å². The molecule has 0 heterocycles. The maximum absolute atomic E-state index is 12.6. The van der Waals surface area contributed by atoms with Gasteiger partial charge >= 0.3 is 11.9 Å². The number of hydrogen-bond acceptors (Lipinski definition) is 5. The van der Waals surface area contributed by atoms with Gasteiger partial charge in [0.15, 0.2) is 6.10 Å². The van der Waals surface area contributed by atoms with Crippen molar-refractivity contribution in [1.82, 2.24) is 0 Å². The van der Waals surface area contributed by atoms with E-state index in [1.54, 1.807) is 0 Å². The number of unbranched alkanes of at least 4 members (excludes halogenated alkanes) is 14. The van der Waals surface area contributed by atoms with Gasteiger partial charge in [-0.15, -0.1) is 0 Å². The van der Waals surface area contributed by atoms with E-state index in [2.05, 4.69) is 99.8 Å². The second-order valence-corrected chi connectivity index (χ2v) is 14.2. The number of allylic oxidation sites excluding steroid dienone is 14. The Morgan fingerprint density at radius 3 is 1.44 bits per heavy atom. The fraction of sp³-hybridized carbons (Fsp3) is 0.673. The molecule has 5 heteroatoms. The lowest BCUT2D eigenvalue weighted by molar-refractivity contribution is -0.162. The molecule has 0 amide bonds. The van der Waals surface area contributed by atoms with Gasteiger partial charge in [0, 0.05) is 19.4 Å². The summed E-state index contributed by atoms with van der Waals surface area (Å²) < 4.78 is 17.1. The Bertz CT molecular complexity index is 1030. The molecule has 0 aliphatic carbocycles. The number of hydrogen-bond donors (Lipinski definition) is 0. The van der Waals surface area contributed by atoms with E-state index in [0.717, 1.165) is 77.0 Å². The van der Waals surface area contributed by atoms with Crippen molar-refractivity contribution in [2.75, 3.05) is 19.8 Å². The van der Waals surface area contributed by atoms with E-state index in [0.29, 0.717) is 25.9 Å². The van der Waals surface area contributed by atoms with Crippen LogP contribution in [0.15, 0.2) is 85.1 Å². The van der Waals surface area contributed by atoms with Crippen molar-refractivity contribution in [2.45, 2.75) is 194 Å². The highest BCUT2D eigenvalue weighted by Gasteiger charge is 2.17. The van der Waals surface area contributed by atoms with Gasteiger partial charge in [0.05, 0.1) is 6.61 Å². The Kier molecular flexibility index (Phi) is 42.1. The van der Waals surface area contributed by atoms with E-state index in [9.17, 15) is 9.59 Å². The Morgan fingerprint density at radius 2 is 0.870 bits per heavy atom. The summed E-state index contributed by atoms with van der Waals surface area (Å²) in [6.07, 6.45) is 57.5. The monoisotopic (exact) mass is 751 g/mol. The molecule has 0 spiro atoms. The highest BCUT2D eigenvalue weighted by molar-refractivity contribution is 5.70. The summed E-state index contributed by atoms with van der Waals surface area (Å²) in [5, 5.41) is 0. The minimum atomic E-state index is -0.577. The molecule has 1 unspecified atom stereocenters. The average Bonchev–Trinajstić information content (AvgIpc) is 3.17. The smallest absolute Gasteiger partial charge is 0.306 e. The standard InChI is InChI=1S/C49H82O5/c1-4-7-10-13-16-18-20-22-23-24-25-26-27-29-30-32-34-36-39-42-48(50)53-46-47(45-52-44-41-38-15-12-9-6-3)54-49(51)43-40-37-35-33-31-28-21-19-17-14-11-8-5-2/h8,11,16-19,22-23,25-26,28,31,35,37,47H,4-7,9-10,12-15,20-21,24,27,29-30,32-34,36,38-46H2,1-3H3/b11-8-,18-16-,19-17-,23-22-,26-25-,31-28-,37-35-. The maximum atomic E-state index is 12.6. The van der Waals surface area contributed by atoms with E-state index >= 15 is 0 Å². The molecule has 0 aliphatic rings. The molecule has 0 aliphatic heterocycles. The third kappa shape index (κ3) is 41.8. The van der Waals surface area contributed by atoms with Gasteiger partial charge in [0.25, 0.3) is 0 Å². The van der Waals surface area contributed by atoms with Crippen molar-refractivity contribution < 1.29 is 23.8 Å². The number of rotatable bonds is 39. The van der Waals surface area contributed by atoms with Crippen LogP contribution in [0.2, 0.25) is 0 Å². The molecule has 0 aromatic heterocycles. The molecule has 0 aromatic rings. The van der Waals surface area contributed by atoms with Crippen molar-refractivity contribution in [2.24, 2.45) is 0 Å². The molecule has 0 bridgehead atoms. The minimum Gasteiger partial charge on any atom is -0.462 e. The third-order valence-corrected chi connectivity index (χ3v) is 8.93. The SMILES string of the molecule is CC/C=C\C/C=C\C/C=C\C/C=C\CCC(=O)OC(COCCCCCCCC)COC(=O)CCCCCCCC/C=C\C/C=C\C/C=C\CCCCC. The Hall–Kier alpha value is -2.92. The molecule has 308 valence electrons. The van der Waals surface area contributed by atoms with Crippen LogP contribution in [0, 0.1) is 0 Å². The van der Waals surface area contributed by atoms with E-state index in [1.807, 2.05) is 6.08 Å². The van der Waals surface area contributed by atoms with Crippen molar-refractivity contribution in [3.63, 3.8) is 0 Å². The number of carbonyl (C=O) groups is 2.